The molecule has 2 heterocycles. The summed E-state index contributed by atoms with van der Waals surface area (Å²) in [5, 5.41) is 0. The van der Waals surface area contributed by atoms with E-state index in [0.29, 0.717) is 5.76 Å². The first-order valence-corrected chi connectivity index (χ1v) is 3.91. The Hall–Kier alpha value is -1.09. The van der Waals surface area contributed by atoms with Crippen molar-refractivity contribution in [1.29, 1.82) is 0 Å². The highest BCUT2D eigenvalue weighted by Crippen LogP contribution is 2.38. The topological polar surface area (TPSA) is 42.7 Å². The maximum atomic E-state index is 11.6. The number of carbonyl (C=O) groups excluding carboxylic acids is 1. The number of furan rings is 1. The zero-order chi connectivity index (χ0) is 8.77. The lowest BCUT2D eigenvalue weighted by Gasteiger charge is -1.99. The van der Waals surface area contributed by atoms with Crippen LogP contribution in [0.5, 0.6) is 0 Å². The van der Waals surface area contributed by atoms with Gasteiger partial charge < -0.3 is 9.15 Å². The van der Waals surface area contributed by atoms with Gasteiger partial charge in [0.15, 0.2) is 11.4 Å². The minimum atomic E-state index is -0.641. The maximum Gasteiger partial charge on any atom is 0.232 e. The first kappa shape index (κ1) is 7.55. The van der Waals surface area contributed by atoms with Gasteiger partial charge >= 0.3 is 0 Å². The number of carbonyl (C=O) groups is 1. The van der Waals surface area contributed by atoms with E-state index in [9.17, 15) is 4.79 Å². The van der Waals surface area contributed by atoms with Crippen molar-refractivity contribution in [3.63, 3.8) is 0 Å². The number of ether oxygens (including phenoxy) is 1. The van der Waals surface area contributed by atoms with Crippen molar-refractivity contribution in [2.24, 2.45) is 0 Å². The Labute approximate surface area is 70.3 Å². The fourth-order valence-corrected chi connectivity index (χ4v) is 1.22. The predicted octanol–water partition coefficient (Wildman–Crippen LogP) is 1.64. The van der Waals surface area contributed by atoms with Gasteiger partial charge in [-0.3, -0.25) is 4.79 Å². The summed E-state index contributed by atoms with van der Waals surface area (Å²) in [5.41, 5.74) is -0.641. The third-order valence-electron chi connectivity index (χ3n) is 2.34. The molecule has 0 aromatic carbocycles. The Morgan fingerprint density at radius 1 is 1.67 bits per heavy atom. The zero-order valence-electron chi connectivity index (χ0n) is 7.03. The number of hydrogen-bond acceptors (Lipinski definition) is 3. The van der Waals surface area contributed by atoms with Crippen molar-refractivity contribution < 1.29 is 13.9 Å². The van der Waals surface area contributed by atoms with Crippen LogP contribution in [0.15, 0.2) is 22.8 Å². The molecule has 0 radical (unpaired) electrons. The second-order valence-corrected chi connectivity index (χ2v) is 3.17. The monoisotopic (exact) mass is 166 g/mol. The third-order valence-corrected chi connectivity index (χ3v) is 2.34. The Balaban J connectivity index is 2.23. The molecule has 2 atom stereocenters. The van der Waals surface area contributed by atoms with Gasteiger partial charge in [0.25, 0.3) is 0 Å². The highest BCUT2D eigenvalue weighted by molar-refractivity contribution is 6.02. The van der Waals surface area contributed by atoms with Crippen LogP contribution < -0.4 is 0 Å². The lowest BCUT2D eigenvalue weighted by Crippen LogP contribution is -2.22. The molecule has 2 rings (SSSR count). The van der Waals surface area contributed by atoms with Crippen LogP contribution in [0.25, 0.3) is 0 Å². The maximum absolute atomic E-state index is 11.6. The Morgan fingerprint density at radius 2 is 2.33 bits per heavy atom. The minimum Gasteiger partial charge on any atom is -0.461 e. The summed E-state index contributed by atoms with van der Waals surface area (Å²) in [5.74, 6) is 0.307. The van der Waals surface area contributed by atoms with Crippen molar-refractivity contribution in [1.82, 2.24) is 0 Å². The van der Waals surface area contributed by atoms with E-state index in [1.54, 1.807) is 19.1 Å². The van der Waals surface area contributed by atoms with Crippen LogP contribution in [0.2, 0.25) is 0 Å². The van der Waals surface area contributed by atoms with Crippen molar-refractivity contribution >= 4 is 5.78 Å². The fourth-order valence-electron chi connectivity index (χ4n) is 1.22. The van der Waals surface area contributed by atoms with Gasteiger partial charge in [-0.15, -0.1) is 0 Å². The number of hydrogen-bond donors (Lipinski definition) is 0. The van der Waals surface area contributed by atoms with E-state index >= 15 is 0 Å². The Bertz CT molecular complexity index is 302. The molecular formula is C9H10O3. The largest absolute Gasteiger partial charge is 0.461 e. The minimum absolute atomic E-state index is 0.00935. The highest BCUT2D eigenvalue weighted by Gasteiger charge is 2.56. The number of epoxide rings is 1. The molecule has 3 nitrogen and oxygen atoms in total. The van der Waals surface area contributed by atoms with E-state index in [-0.39, 0.29) is 11.9 Å². The van der Waals surface area contributed by atoms with Crippen LogP contribution in [-0.2, 0) is 4.74 Å². The quantitative estimate of drug-likeness (QED) is 0.495. The Kier molecular flexibility index (Phi) is 1.38. The van der Waals surface area contributed by atoms with E-state index in [1.165, 1.54) is 6.26 Å². The van der Waals surface area contributed by atoms with Crippen LogP contribution in [0, 0.1) is 0 Å². The fraction of sp³-hybridized carbons (Fsp3) is 0.444. The molecule has 0 saturated carbocycles. The number of ketones is 1. The first-order chi connectivity index (χ1) is 5.64. The molecule has 3 heteroatoms. The average molecular weight is 166 g/mol. The van der Waals surface area contributed by atoms with E-state index in [4.69, 9.17) is 9.15 Å². The van der Waals surface area contributed by atoms with Gasteiger partial charge in [-0.1, -0.05) is 0 Å². The second-order valence-electron chi connectivity index (χ2n) is 3.17. The molecule has 1 fully saturated rings. The van der Waals surface area contributed by atoms with E-state index in [1.807, 2.05) is 6.92 Å². The summed E-state index contributed by atoms with van der Waals surface area (Å²) in [6.07, 6.45) is 1.50. The van der Waals surface area contributed by atoms with Crippen LogP contribution >= 0.6 is 0 Å². The van der Waals surface area contributed by atoms with E-state index < -0.39 is 5.60 Å². The highest BCUT2D eigenvalue weighted by atomic mass is 16.6. The van der Waals surface area contributed by atoms with Gasteiger partial charge in [-0.2, -0.15) is 0 Å². The molecule has 1 aromatic rings. The van der Waals surface area contributed by atoms with Gasteiger partial charge in [0.05, 0.1) is 12.4 Å². The number of Topliss-reactive ketones (excluding diaryl/α,β-unsaturated/α-hetero) is 1. The van der Waals surface area contributed by atoms with Crippen LogP contribution in [-0.4, -0.2) is 17.5 Å². The molecule has 0 N–H and O–H groups in total. The molecule has 1 saturated heterocycles. The van der Waals surface area contributed by atoms with E-state index in [0.717, 1.165) is 0 Å². The zero-order valence-corrected chi connectivity index (χ0v) is 7.03. The van der Waals surface area contributed by atoms with Crippen molar-refractivity contribution in [2.45, 2.75) is 25.6 Å². The summed E-state index contributed by atoms with van der Waals surface area (Å²) >= 11 is 0. The molecule has 0 unspecified atom stereocenters. The number of rotatable bonds is 2. The van der Waals surface area contributed by atoms with E-state index in [2.05, 4.69) is 0 Å². The molecule has 12 heavy (non-hydrogen) atoms. The van der Waals surface area contributed by atoms with Gasteiger partial charge in [-0.05, 0) is 26.0 Å². The standard InChI is InChI=1S/C9H10O3/c1-6-9(2,12-6)8(10)7-4-3-5-11-7/h3-6H,1-2H3/t6-,9+/m1/s1. The summed E-state index contributed by atoms with van der Waals surface area (Å²) in [4.78, 5) is 11.6. The molecule has 1 aliphatic heterocycles. The second kappa shape index (κ2) is 2.20. The lowest BCUT2D eigenvalue weighted by atomic mass is 10.0. The molecular weight excluding hydrogens is 156 g/mol. The molecule has 0 aliphatic carbocycles. The van der Waals surface area contributed by atoms with Crippen molar-refractivity contribution in [3.8, 4) is 0 Å². The molecule has 1 aliphatic rings. The van der Waals surface area contributed by atoms with Crippen molar-refractivity contribution in [3.05, 3.63) is 24.2 Å². The van der Waals surface area contributed by atoms with Crippen molar-refractivity contribution in [2.75, 3.05) is 0 Å². The van der Waals surface area contributed by atoms with Gasteiger partial charge in [0, 0.05) is 0 Å². The van der Waals surface area contributed by atoms with Crippen LogP contribution in [0.1, 0.15) is 24.4 Å². The smallest absolute Gasteiger partial charge is 0.232 e. The predicted molar refractivity (Wildman–Crippen MR) is 42.0 cm³/mol. The molecule has 0 amide bonds. The van der Waals surface area contributed by atoms with Gasteiger partial charge in [0.1, 0.15) is 0 Å². The molecule has 64 valence electrons. The lowest BCUT2D eigenvalue weighted by molar-refractivity contribution is 0.0859. The average Bonchev–Trinajstić information content (AvgIpc) is 2.59. The molecule has 1 aromatic heterocycles. The summed E-state index contributed by atoms with van der Waals surface area (Å²) in [6, 6.07) is 3.35. The van der Waals surface area contributed by atoms with Gasteiger partial charge in [-0.25, -0.2) is 0 Å². The van der Waals surface area contributed by atoms with Gasteiger partial charge in [0.2, 0.25) is 5.78 Å². The Morgan fingerprint density at radius 3 is 2.75 bits per heavy atom. The summed E-state index contributed by atoms with van der Waals surface area (Å²) in [6.45, 7) is 3.66. The SMILES string of the molecule is C[C@H]1O[C@]1(C)C(=O)c1ccco1. The third kappa shape index (κ3) is 0.898. The summed E-state index contributed by atoms with van der Waals surface area (Å²) in [7, 11) is 0. The summed E-state index contributed by atoms with van der Waals surface area (Å²) < 4.78 is 10.2. The van der Waals surface area contributed by atoms with Crippen LogP contribution in [0.4, 0.5) is 0 Å². The molecule has 0 bridgehead atoms. The molecule has 0 spiro atoms. The normalized spacial score (nSPS) is 33.3. The first-order valence-electron chi connectivity index (χ1n) is 3.91. The van der Waals surface area contributed by atoms with Crippen LogP contribution in [0.3, 0.4) is 0 Å².